The normalized spacial score (nSPS) is 12.9. The molecule has 0 radical (unpaired) electrons. The van der Waals surface area contributed by atoms with E-state index in [0.29, 0.717) is 18.7 Å². The summed E-state index contributed by atoms with van der Waals surface area (Å²) in [7, 11) is 0. The Balaban J connectivity index is 2.03. The summed E-state index contributed by atoms with van der Waals surface area (Å²) in [6.45, 7) is 13.9. The van der Waals surface area contributed by atoms with Crippen LogP contribution < -0.4 is 10.6 Å². The number of nitrogens with zero attached hydrogens (tertiary/aromatic N) is 1. The molecule has 2 N–H and O–H groups in total. The zero-order valence-corrected chi connectivity index (χ0v) is 27.6. The molecule has 3 amide bonds. The van der Waals surface area contributed by atoms with Crippen molar-refractivity contribution < 1.29 is 19.1 Å². The number of amides is 3. The summed E-state index contributed by atoms with van der Waals surface area (Å²) in [5.41, 5.74) is 1.62. The number of rotatable bonds is 14. The van der Waals surface area contributed by atoms with Gasteiger partial charge in [-0.1, -0.05) is 101 Å². The van der Waals surface area contributed by atoms with E-state index in [4.69, 9.17) is 4.74 Å². The molecule has 7 nitrogen and oxygen atoms in total. The minimum atomic E-state index is -0.892. The summed E-state index contributed by atoms with van der Waals surface area (Å²) < 4.78 is 5.53. The Morgan fingerprint density at radius 1 is 0.864 bits per heavy atom. The predicted octanol–water partition coefficient (Wildman–Crippen LogP) is 8.57. The average Bonchev–Trinajstić information content (AvgIpc) is 2.95. The van der Waals surface area contributed by atoms with Gasteiger partial charge in [0.15, 0.2) is 0 Å². The number of aryl methyl sites for hydroxylation is 1. The maximum absolute atomic E-state index is 14.5. The summed E-state index contributed by atoms with van der Waals surface area (Å²) in [5, 5.41) is 8.05. The molecular weight excluding hydrogens is 550 g/mol. The SMILES string of the molecule is CCCCCCCN(C(=O)C(CC(C)C)NC(=O)OC(C)(C)C)C(C(=O)Nc1ccc2ccccc2c1)c1ccccc1C. The van der Waals surface area contributed by atoms with E-state index >= 15 is 0 Å². The summed E-state index contributed by atoms with van der Waals surface area (Å²) in [5.74, 6) is -0.465. The standard InChI is InChI=1S/C37H51N3O4/c1-8-9-10-11-16-23-40(35(42)32(24-26(2)3)39-36(43)44-37(5,6)7)33(31-20-15-12-17-27(31)4)34(41)38-30-22-21-28-18-13-14-19-29(28)25-30/h12-15,17-22,25-26,32-33H,8-11,16,23-24H2,1-7H3,(H,38,41)(H,39,43). The van der Waals surface area contributed by atoms with Gasteiger partial charge < -0.3 is 20.3 Å². The second-order valence-corrected chi connectivity index (χ2v) is 13.1. The van der Waals surface area contributed by atoms with Gasteiger partial charge in [0.1, 0.15) is 17.7 Å². The molecule has 3 rings (SSSR count). The highest BCUT2D eigenvalue weighted by Gasteiger charge is 2.37. The molecule has 0 aromatic heterocycles. The van der Waals surface area contributed by atoms with E-state index in [-0.39, 0.29) is 17.7 Å². The number of unbranched alkanes of at least 4 members (excludes halogenated alkanes) is 4. The average molecular weight is 602 g/mol. The third-order valence-corrected chi connectivity index (χ3v) is 7.54. The van der Waals surface area contributed by atoms with Gasteiger partial charge in [-0.05, 0) is 80.5 Å². The van der Waals surface area contributed by atoms with Crippen LogP contribution in [0.1, 0.15) is 97.2 Å². The second kappa shape index (κ2) is 16.3. The minimum absolute atomic E-state index is 0.119. The fourth-order valence-corrected chi connectivity index (χ4v) is 5.42. The summed E-state index contributed by atoms with van der Waals surface area (Å²) >= 11 is 0. The molecule has 0 heterocycles. The molecule has 0 fully saturated rings. The number of benzene rings is 3. The zero-order valence-electron chi connectivity index (χ0n) is 27.6. The first-order valence-electron chi connectivity index (χ1n) is 16.0. The topological polar surface area (TPSA) is 87.7 Å². The molecule has 0 aliphatic rings. The molecule has 2 unspecified atom stereocenters. The maximum Gasteiger partial charge on any atom is 0.408 e. The van der Waals surface area contributed by atoms with Gasteiger partial charge in [-0.15, -0.1) is 0 Å². The lowest BCUT2D eigenvalue weighted by Gasteiger charge is -2.35. The highest BCUT2D eigenvalue weighted by Crippen LogP contribution is 2.29. The Morgan fingerprint density at radius 2 is 1.52 bits per heavy atom. The molecule has 7 heteroatoms. The van der Waals surface area contributed by atoms with Gasteiger partial charge in [-0.3, -0.25) is 9.59 Å². The number of ether oxygens (including phenoxy) is 1. The van der Waals surface area contributed by atoms with Gasteiger partial charge in [-0.2, -0.15) is 0 Å². The number of nitrogens with one attached hydrogen (secondary N) is 2. The molecule has 3 aromatic rings. The first kappa shape index (κ1) is 34.6. The largest absolute Gasteiger partial charge is 0.444 e. The number of anilines is 1. The third-order valence-electron chi connectivity index (χ3n) is 7.54. The molecule has 44 heavy (non-hydrogen) atoms. The molecule has 0 saturated heterocycles. The van der Waals surface area contributed by atoms with Crippen molar-refractivity contribution in [3.63, 3.8) is 0 Å². The lowest BCUT2D eigenvalue weighted by atomic mass is 9.96. The van der Waals surface area contributed by atoms with E-state index in [9.17, 15) is 14.4 Å². The van der Waals surface area contributed by atoms with Gasteiger partial charge in [0, 0.05) is 12.2 Å². The van der Waals surface area contributed by atoms with Crippen LogP contribution in [0.25, 0.3) is 10.8 Å². The van der Waals surface area contributed by atoms with Crippen LogP contribution in [-0.2, 0) is 14.3 Å². The molecular formula is C37H51N3O4. The van der Waals surface area contributed by atoms with E-state index in [1.54, 1.807) is 25.7 Å². The predicted molar refractivity (Wildman–Crippen MR) is 180 cm³/mol. The highest BCUT2D eigenvalue weighted by atomic mass is 16.6. The monoisotopic (exact) mass is 601 g/mol. The third kappa shape index (κ3) is 10.4. The van der Waals surface area contributed by atoms with Crippen LogP contribution in [0.5, 0.6) is 0 Å². The van der Waals surface area contributed by atoms with Crippen LogP contribution in [0, 0.1) is 12.8 Å². The second-order valence-electron chi connectivity index (χ2n) is 13.1. The lowest BCUT2D eigenvalue weighted by Crippen LogP contribution is -2.53. The molecule has 0 aliphatic carbocycles. The molecule has 0 aliphatic heterocycles. The zero-order chi connectivity index (χ0) is 32.3. The van der Waals surface area contributed by atoms with Crippen LogP contribution in [0.15, 0.2) is 66.7 Å². The fraction of sp³-hybridized carbons (Fsp3) is 0.486. The van der Waals surface area contributed by atoms with E-state index in [0.717, 1.165) is 54.0 Å². The van der Waals surface area contributed by atoms with E-state index < -0.39 is 23.8 Å². The van der Waals surface area contributed by atoms with Crippen molar-refractivity contribution in [3.8, 4) is 0 Å². The summed E-state index contributed by atoms with van der Waals surface area (Å²) in [4.78, 5) is 43.4. The Morgan fingerprint density at radius 3 is 2.18 bits per heavy atom. The van der Waals surface area contributed by atoms with Crippen LogP contribution in [-0.4, -0.2) is 41.0 Å². The van der Waals surface area contributed by atoms with Crippen molar-refractivity contribution in [2.45, 2.75) is 105 Å². The van der Waals surface area contributed by atoms with Gasteiger partial charge in [0.2, 0.25) is 5.91 Å². The first-order chi connectivity index (χ1) is 20.9. The number of alkyl carbamates (subject to hydrolysis) is 1. The smallest absolute Gasteiger partial charge is 0.408 e. The number of hydrogen-bond donors (Lipinski definition) is 2. The maximum atomic E-state index is 14.5. The van der Waals surface area contributed by atoms with Crippen LogP contribution >= 0.6 is 0 Å². The Bertz CT molecular complexity index is 1390. The minimum Gasteiger partial charge on any atom is -0.444 e. The lowest BCUT2D eigenvalue weighted by molar-refractivity contribution is -0.141. The van der Waals surface area contributed by atoms with Crippen LogP contribution in [0.3, 0.4) is 0 Å². The molecule has 0 saturated carbocycles. The van der Waals surface area contributed by atoms with Crippen molar-refractivity contribution in [2.24, 2.45) is 5.92 Å². The van der Waals surface area contributed by atoms with Crippen molar-refractivity contribution in [1.29, 1.82) is 0 Å². The number of hydrogen-bond acceptors (Lipinski definition) is 4. The highest BCUT2D eigenvalue weighted by molar-refractivity contribution is 6.00. The van der Waals surface area contributed by atoms with Gasteiger partial charge >= 0.3 is 6.09 Å². The summed E-state index contributed by atoms with van der Waals surface area (Å²) in [6, 6.07) is 19.8. The van der Waals surface area contributed by atoms with Gasteiger partial charge in [-0.25, -0.2) is 4.79 Å². The van der Waals surface area contributed by atoms with Crippen molar-refractivity contribution in [1.82, 2.24) is 10.2 Å². The van der Waals surface area contributed by atoms with Gasteiger partial charge in [0.25, 0.3) is 5.91 Å². The summed E-state index contributed by atoms with van der Waals surface area (Å²) in [6.07, 6.45) is 4.75. The molecule has 2 atom stereocenters. The van der Waals surface area contributed by atoms with Crippen LogP contribution in [0.4, 0.5) is 10.5 Å². The van der Waals surface area contributed by atoms with E-state index in [1.807, 2.05) is 87.5 Å². The van der Waals surface area contributed by atoms with Crippen molar-refractivity contribution in [3.05, 3.63) is 77.9 Å². The number of carbonyl (C=O) groups excluding carboxylic acids is 3. The molecule has 238 valence electrons. The molecule has 0 spiro atoms. The van der Waals surface area contributed by atoms with E-state index in [2.05, 4.69) is 17.6 Å². The van der Waals surface area contributed by atoms with E-state index in [1.165, 1.54) is 0 Å². The van der Waals surface area contributed by atoms with Crippen molar-refractivity contribution in [2.75, 3.05) is 11.9 Å². The molecule has 3 aromatic carbocycles. The molecule has 0 bridgehead atoms. The fourth-order valence-electron chi connectivity index (χ4n) is 5.42. The Labute approximate surface area is 263 Å². The Kier molecular flexibility index (Phi) is 12.8. The first-order valence-corrected chi connectivity index (χ1v) is 16.0. The van der Waals surface area contributed by atoms with Crippen LogP contribution in [0.2, 0.25) is 0 Å². The number of fused-ring (bicyclic) bond motifs is 1. The number of carbonyl (C=O) groups is 3. The van der Waals surface area contributed by atoms with Crippen molar-refractivity contribution >= 4 is 34.4 Å². The quantitative estimate of drug-likeness (QED) is 0.181. The Hall–Kier alpha value is -3.87. The van der Waals surface area contributed by atoms with Gasteiger partial charge in [0.05, 0.1) is 0 Å².